The average Bonchev–Trinajstić information content (AvgIpc) is 2.26. The molecule has 0 aliphatic carbocycles. The van der Waals surface area contributed by atoms with Crippen LogP contribution in [0.25, 0.3) is 0 Å². The number of hydrogen-bond acceptors (Lipinski definition) is 3. The maximum atomic E-state index is 13.2. The third kappa shape index (κ3) is 3.36. The Hall–Kier alpha value is -1.80. The molecular formula is C10H7F6NO2. The Kier molecular flexibility index (Phi) is 4.38. The summed E-state index contributed by atoms with van der Waals surface area (Å²) in [5, 5.41) is 0. The van der Waals surface area contributed by atoms with E-state index < -0.39 is 47.6 Å². The molecule has 106 valence electrons. The number of methoxy groups -OCH3 is 1. The van der Waals surface area contributed by atoms with Crippen LogP contribution in [0.3, 0.4) is 0 Å². The van der Waals surface area contributed by atoms with Crippen LogP contribution in [0.4, 0.5) is 26.3 Å². The molecule has 0 fully saturated rings. The first-order valence-electron chi connectivity index (χ1n) is 4.78. The van der Waals surface area contributed by atoms with Gasteiger partial charge >= 0.3 is 12.1 Å². The van der Waals surface area contributed by atoms with E-state index in [4.69, 9.17) is 0 Å². The molecule has 19 heavy (non-hydrogen) atoms. The molecule has 1 aromatic heterocycles. The van der Waals surface area contributed by atoms with Gasteiger partial charge in [0, 0.05) is 5.56 Å². The molecule has 0 N–H and O–H groups in total. The van der Waals surface area contributed by atoms with Gasteiger partial charge in [-0.25, -0.2) is 13.2 Å². The summed E-state index contributed by atoms with van der Waals surface area (Å²) in [6.45, 7) is 0. The van der Waals surface area contributed by atoms with E-state index in [1.54, 1.807) is 0 Å². The molecule has 0 atom stereocenters. The number of esters is 1. The monoisotopic (exact) mass is 287 g/mol. The fourth-order valence-electron chi connectivity index (χ4n) is 1.43. The van der Waals surface area contributed by atoms with Gasteiger partial charge in [0.15, 0.2) is 5.82 Å². The van der Waals surface area contributed by atoms with Crippen molar-refractivity contribution in [3.8, 4) is 0 Å². The predicted octanol–water partition coefficient (Wildman–Crippen LogP) is 2.89. The fourth-order valence-corrected chi connectivity index (χ4v) is 1.43. The second-order valence-electron chi connectivity index (χ2n) is 3.40. The summed E-state index contributed by atoms with van der Waals surface area (Å²) in [6, 6.07) is 0. The van der Waals surface area contributed by atoms with Crippen LogP contribution < -0.4 is 0 Å². The second-order valence-corrected chi connectivity index (χ2v) is 3.40. The second kappa shape index (κ2) is 5.45. The molecule has 0 aliphatic rings. The number of carbonyl (C=O) groups is 1. The molecule has 0 aliphatic heterocycles. The van der Waals surface area contributed by atoms with E-state index in [1.165, 1.54) is 0 Å². The number of rotatable bonds is 3. The van der Waals surface area contributed by atoms with Gasteiger partial charge < -0.3 is 4.74 Å². The first-order valence-corrected chi connectivity index (χ1v) is 4.78. The van der Waals surface area contributed by atoms with Gasteiger partial charge in [-0.2, -0.15) is 13.2 Å². The quantitative estimate of drug-likeness (QED) is 0.634. The van der Waals surface area contributed by atoms with Crippen LogP contribution in [-0.4, -0.2) is 18.1 Å². The lowest BCUT2D eigenvalue weighted by Gasteiger charge is -2.15. The highest BCUT2D eigenvalue weighted by molar-refractivity contribution is 5.73. The van der Waals surface area contributed by atoms with Crippen molar-refractivity contribution in [2.45, 2.75) is 19.0 Å². The zero-order valence-corrected chi connectivity index (χ0v) is 9.39. The molecule has 0 bridgehead atoms. The largest absolute Gasteiger partial charge is 0.469 e. The van der Waals surface area contributed by atoms with Crippen LogP contribution in [0.15, 0.2) is 6.20 Å². The van der Waals surface area contributed by atoms with Crippen molar-refractivity contribution in [1.29, 1.82) is 0 Å². The molecule has 3 nitrogen and oxygen atoms in total. The highest BCUT2D eigenvalue weighted by Crippen LogP contribution is 2.37. The summed E-state index contributed by atoms with van der Waals surface area (Å²) in [5.41, 5.74) is -4.43. The van der Waals surface area contributed by atoms with Crippen LogP contribution in [-0.2, 0) is 22.1 Å². The summed E-state index contributed by atoms with van der Waals surface area (Å²) in [5.74, 6) is -3.03. The van der Waals surface area contributed by atoms with Crippen LogP contribution in [0.2, 0.25) is 0 Å². The number of ether oxygens (including phenoxy) is 1. The molecule has 0 saturated carbocycles. The summed E-state index contributed by atoms with van der Waals surface area (Å²) >= 11 is 0. The van der Waals surface area contributed by atoms with Crippen molar-refractivity contribution >= 4 is 5.97 Å². The summed E-state index contributed by atoms with van der Waals surface area (Å²) in [7, 11) is 0.865. The zero-order valence-electron chi connectivity index (χ0n) is 9.39. The Balaban J connectivity index is 3.50. The number of nitrogens with zero attached hydrogens (tertiary/aromatic N) is 1. The Morgan fingerprint density at radius 2 is 2.00 bits per heavy atom. The van der Waals surface area contributed by atoms with Gasteiger partial charge in [0.1, 0.15) is 5.69 Å². The topological polar surface area (TPSA) is 39.2 Å². The molecule has 0 radical (unpaired) electrons. The minimum absolute atomic E-state index is 0.0467. The van der Waals surface area contributed by atoms with E-state index >= 15 is 0 Å². The van der Waals surface area contributed by atoms with Crippen molar-refractivity contribution in [3.05, 3.63) is 28.8 Å². The standard InChI is InChI=1S/C10H7F6NO2/c1-19-6(18)2-4-7(10(14,15)16)5(11)3-17-8(4)9(12)13/h3,9H,2H2,1H3. The van der Waals surface area contributed by atoms with E-state index in [0.717, 1.165) is 7.11 Å². The lowest BCUT2D eigenvalue weighted by atomic mass is 10.0. The average molecular weight is 287 g/mol. The first kappa shape index (κ1) is 15.3. The number of pyridine rings is 1. The summed E-state index contributed by atoms with van der Waals surface area (Å²) < 4.78 is 80.3. The molecule has 0 saturated heterocycles. The van der Waals surface area contributed by atoms with Gasteiger partial charge in [0.25, 0.3) is 6.43 Å². The molecule has 0 spiro atoms. The number of hydrogen-bond donors (Lipinski definition) is 0. The molecule has 0 aromatic carbocycles. The van der Waals surface area contributed by atoms with Crippen molar-refractivity contribution < 1.29 is 35.9 Å². The van der Waals surface area contributed by atoms with Gasteiger partial charge in [0.2, 0.25) is 0 Å². The Bertz CT molecular complexity index is 486. The van der Waals surface area contributed by atoms with Gasteiger partial charge in [-0.3, -0.25) is 9.78 Å². The van der Waals surface area contributed by atoms with Crippen LogP contribution in [0.5, 0.6) is 0 Å². The van der Waals surface area contributed by atoms with E-state index in [1.807, 2.05) is 0 Å². The van der Waals surface area contributed by atoms with Crippen LogP contribution in [0, 0.1) is 5.82 Å². The Morgan fingerprint density at radius 1 is 1.42 bits per heavy atom. The van der Waals surface area contributed by atoms with E-state index in [0.29, 0.717) is 0 Å². The van der Waals surface area contributed by atoms with Crippen molar-refractivity contribution in [2.75, 3.05) is 7.11 Å². The van der Waals surface area contributed by atoms with Gasteiger partial charge in [-0.15, -0.1) is 0 Å². The fraction of sp³-hybridized carbons (Fsp3) is 0.400. The maximum absolute atomic E-state index is 13.2. The maximum Gasteiger partial charge on any atom is 0.419 e. The molecule has 9 heteroatoms. The first-order chi connectivity index (χ1) is 8.68. The third-order valence-corrected chi connectivity index (χ3v) is 2.21. The van der Waals surface area contributed by atoms with Crippen molar-refractivity contribution in [2.24, 2.45) is 0 Å². The molecular weight excluding hydrogens is 280 g/mol. The lowest BCUT2D eigenvalue weighted by Crippen LogP contribution is -2.19. The SMILES string of the molecule is COC(=O)Cc1c(C(F)F)ncc(F)c1C(F)(F)F. The lowest BCUT2D eigenvalue weighted by molar-refractivity contribution is -0.142. The zero-order chi connectivity index (χ0) is 14.8. The smallest absolute Gasteiger partial charge is 0.419 e. The van der Waals surface area contributed by atoms with Gasteiger partial charge in [0.05, 0.1) is 25.3 Å². The van der Waals surface area contributed by atoms with Crippen LogP contribution in [0.1, 0.15) is 23.2 Å². The number of alkyl halides is 5. The summed E-state index contributed by atoms with van der Waals surface area (Å²) in [4.78, 5) is 13.9. The van der Waals surface area contributed by atoms with Crippen LogP contribution >= 0.6 is 0 Å². The molecule has 1 rings (SSSR count). The van der Waals surface area contributed by atoms with Gasteiger partial charge in [-0.05, 0) is 0 Å². The minimum atomic E-state index is -5.22. The Labute approximate surface area is 103 Å². The number of aromatic nitrogens is 1. The van der Waals surface area contributed by atoms with E-state index in [2.05, 4.69) is 9.72 Å². The molecule has 1 aromatic rings. The van der Waals surface area contributed by atoms with Crippen molar-refractivity contribution in [1.82, 2.24) is 4.98 Å². The highest BCUT2D eigenvalue weighted by Gasteiger charge is 2.40. The number of halogens is 6. The molecule has 0 unspecified atom stereocenters. The van der Waals surface area contributed by atoms with E-state index in [9.17, 15) is 31.1 Å². The highest BCUT2D eigenvalue weighted by atomic mass is 19.4. The molecule has 1 heterocycles. The Morgan fingerprint density at radius 3 is 2.42 bits per heavy atom. The van der Waals surface area contributed by atoms with Crippen molar-refractivity contribution in [3.63, 3.8) is 0 Å². The normalized spacial score (nSPS) is 11.8. The molecule has 0 amide bonds. The van der Waals surface area contributed by atoms with E-state index in [-0.39, 0.29) is 6.20 Å². The summed E-state index contributed by atoms with van der Waals surface area (Å²) in [6.07, 6.45) is -9.69. The van der Waals surface area contributed by atoms with Gasteiger partial charge in [-0.1, -0.05) is 0 Å². The number of carbonyl (C=O) groups excluding carboxylic acids is 1. The predicted molar refractivity (Wildman–Crippen MR) is 49.9 cm³/mol. The third-order valence-electron chi connectivity index (χ3n) is 2.21. The minimum Gasteiger partial charge on any atom is -0.469 e.